The van der Waals surface area contributed by atoms with Crippen LogP contribution in [0.4, 0.5) is 0 Å². The van der Waals surface area contributed by atoms with Crippen LogP contribution in [0, 0.1) is 11.3 Å². The molecule has 0 aromatic heterocycles. The van der Waals surface area contributed by atoms with Gasteiger partial charge in [-0.1, -0.05) is 37.2 Å². The zero-order valence-corrected chi connectivity index (χ0v) is 13.0. The van der Waals surface area contributed by atoms with Crippen LogP contribution in [0.3, 0.4) is 0 Å². The normalized spacial score (nSPS) is 15.1. The average molecular weight is 303 g/mol. The van der Waals surface area contributed by atoms with E-state index < -0.39 is 5.54 Å². The Labute approximate surface area is 130 Å². The highest BCUT2D eigenvalue weighted by Gasteiger charge is 2.44. The second kappa shape index (κ2) is 6.32. The fraction of sp³-hybridized carbons (Fsp3) is 0.412. The Hall–Kier alpha value is -1.79. The summed E-state index contributed by atoms with van der Waals surface area (Å²) in [6.45, 7) is 6.03. The van der Waals surface area contributed by atoms with E-state index in [2.05, 4.69) is 18.0 Å². The van der Waals surface area contributed by atoms with Crippen LogP contribution in [-0.2, 0) is 11.2 Å². The van der Waals surface area contributed by atoms with Crippen molar-refractivity contribution in [2.75, 3.05) is 0 Å². The van der Waals surface area contributed by atoms with E-state index in [1.807, 2.05) is 25.1 Å². The molecule has 1 saturated carbocycles. The predicted octanol–water partition coefficient (Wildman–Crippen LogP) is 3.87. The summed E-state index contributed by atoms with van der Waals surface area (Å²) in [5, 5.41) is 12.4. The van der Waals surface area contributed by atoms with Crippen molar-refractivity contribution in [1.29, 1.82) is 5.26 Å². The molecule has 4 heteroatoms. The van der Waals surface area contributed by atoms with Crippen LogP contribution in [0.25, 0.3) is 5.57 Å². The van der Waals surface area contributed by atoms with Gasteiger partial charge in [-0.3, -0.25) is 4.79 Å². The van der Waals surface area contributed by atoms with Gasteiger partial charge in [-0.25, -0.2) is 0 Å². The Morgan fingerprint density at radius 1 is 1.52 bits per heavy atom. The van der Waals surface area contributed by atoms with E-state index >= 15 is 0 Å². The number of hydrogen-bond acceptors (Lipinski definition) is 2. The number of rotatable bonds is 6. The molecule has 21 heavy (non-hydrogen) atoms. The van der Waals surface area contributed by atoms with Crippen LogP contribution < -0.4 is 5.32 Å². The van der Waals surface area contributed by atoms with Gasteiger partial charge in [-0.15, -0.1) is 0 Å². The number of benzene rings is 1. The summed E-state index contributed by atoms with van der Waals surface area (Å²) in [4.78, 5) is 11.8. The van der Waals surface area contributed by atoms with Crippen LogP contribution in [-0.4, -0.2) is 11.4 Å². The number of aryl methyl sites for hydroxylation is 1. The number of carbonyl (C=O) groups excluding carboxylic acids is 1. The maximum atomic E-state index is 11.8. The van der Waals surface area contributed by atoms with Crippen molar-refractivity contribution in [3.8, 4) is 6.07 Å². The lowest BCUT2D eigenvalue weighted by atomic mass is 10.0. The Morgan fingerprint density at radius 2 is 2.24 bits per heavy atom. The minimum Gasteiger partial charge on any atom is -0.338 e. The van der Waals surface area contributed by atoms with Crippen molar-refractivity contribution in [3.05, 3.63) is 40.9 Å². The quantitative estimate of drug-likeness (QED) is 0.867. The van der Waals surface area contributed by atoms with Crippen LogP contribution in [0.15, 0.2) is 24.8 Å². The third-order valence-electron chi connectivity index (χ3n) is 3.82. The zero-order valence-electron chi connectivity index (χ0n) is 12.2. The monoisotopic (exact) mass is 302 g/mol. The second-order valence-corrected chi connectivity index (χ2v) is 5.92. The van der Waals surface area contributed by atoms with Gasteiger partial charge in [-0.2, -0.15) is 5.26 Å². The average Bonchev–Trinajstić information content (AvgIpc) is 3.24. The molecule has 1 aromatic carbocycles. The van der Waals surface area contributed by atoms with E-state index in [1.165, 1.54) is 0 Å². The van der Waals surface area contributed by atoms with Gasteiger partial charge >= 0.3 is 0 Å². The Morgan fingerprint density at radius 3 is 2.76 bits per heavy atom. The Balaban J connectivity index is 1.92. The minimum absolute atomic E-state index is 0.0767. The first-order valence-corrected chi connectivity index (χ1v) is 7.56. The third-order valence-corrected chi connectivity index (χ3v) is 4.14. The molecule has 1 fully saturated rings. The summed E-state index contributed by atoms with van der Waals surface area (Å²) < 4.78 is 0. The number of carbonyl (C=O) groups is 1. The van der Waals surface area contributed by atoms with Gasteiger partial charge in [0.1, 0.15) is 5.54 Å². The van der Waals surface area contributed by atoms with Crippen molar-refractivity contribution < 1.29 is 4.79 Å². The number of nitriles is 1. The van der Waals surface area contributed by atoms with E-state index in [4.69, 9.17) is 16.9 Å². The van der Waals surface area contributed by atoms with E-state index in [0.717, 1.165) is 36.0 Å². The summed E-state index contributed by atoms with van der Waals surface area (Å²) >= 11 is 6.25. The van der Waals surface area contributed by atoms with Gasteiger partial charge in [0.05, 0.1) is 6.07 Å². The van der Waals surface area contributed by atoms with Crippen molar-refractivity contribution in [2.24, 2.45) is 0 Å². The van der Waals surface area contributed by atoms with Crippen molar-refractivity contribution >= 4 is 23.1 Å². The standard InChI is InChI=1S/C17H19ClN2O/c1-3-12(2)14-6-4-13(10-15(14)18)5-7-16(21)20-17(11-19)8-9-17/h4,6,10H,2-3,5,7-9H2,1H3,(H,20,21). The van der Waals surface area contributed by atoms with Gasteiger partial charge in [0, 0.05) is 11.4 Å². The summed E-state index contributed by atoms with van der Waals surface area (Å²) in [7, 11) is 0. The van der Waals surface area contributed by atoms with Gasteiger partial charge < -0.3 is 5.32 Å². The molecule has 1 aliphatic carbocycles. The highest BCUT2D eigenvalue weighted by molar-refractivity contribution is 6.32. The minimum atomic E-state index is -0.586. The number of amides is 1. The molecule has 0 unspecified atom stereocenters. The van der Waals surface area contributed by atoms with Gasteiger partial charge in [0.25, 0.3) is 0 Å². The van der Waals surface area contributed by atoms with E-state index in [9.17, 15) is 4.79 Å². The molecule has 0 atom stereocenters. The number of hydrogen-bond donors (Lipinski definition) is 1. The Bertz CT molecular complexity index is 612. The molecule has 0 heterocycles. The molecular formula is C17H19ClN2O. The van der Waals surface area contributed by atoms with Gasteiger partial charge in [-0.05, 0) is 48.4 Å². The molecule has 1 N–H and O–H groups in total. The predicted molar refractivity (Wildman–Crippen MR) is 84.8 cm³/mol. The fourth-order valence-corrected chi connectivity index (χ4v) is 2.51. The zero-order chi connectivity index (χ0) is 15.5. The van der Waals surface area contributed by atoms with Crippen molar-refractivity contribution in [3.63, 3.8) is 0 Å². The molecule has 1 amide bonds. The summed E-state index contributed by atoms with van der Waals surface area (Å²) in [6.07, 6.45) is 3.36. The fourth-order valence-electron chi connectivity index (χ4n) is 2.17. The SMILES string of the molecule is C=C(CC)c1ccc(CCC(=O)NC2(C#N)CC2)cc1Cl. The lowest BCUT2D eigenvalue weighted by molar-refractivity contribution is -0.121. The molecule has 0 radical (unpaired) electrons. The molecule has 2 rings (SSSR count). The van der Waals surface area contributed by atoms with Crippen LogP contribution in [0.1, 0.15) is 43.7 Å². The highest BCUT2D eigenvalue weighted by Crippen LogP contribution is 2.34. The maximum absolute atomic E-state index is 11.8. The summed E-state index contributed by atoms with van der Waals surface area (Å²) in [5.74, 6) is -0.0767. The van der Waals surface area contributed by atoms with E-state index in [0.29, 0.717) is 17.9 Å². The van der Waals surface area contributed by atoms with Crippen LogP contribution >= 0.6 is 11.6 Å². The number of allylic oxidation sites excluding steroid dienone is 1. The van der Waals surface area contributed by atoms with Gasteiger partial charge in [0.2, 0.25) is 5.91 Å². The van der Waals surface area contributed by atoms with Crippen molar-refractivity contribution in [1.82, 2.24) is 5.32 Å². The van der Waals surface area contributed by atoms with E-state index in [-0.39, 0.29) is 5.91 Å². The highest BCUT2D eigenvalue weighted by atomic mass is 35.5. The van der Waals surface area contributed by atoms with Crippen molar-refractivity contribution in [2.45, 2.75) is 44.6 Å². The first-order valence-electron chi connectivity index (χ1n) is 7.18. The molecule has 0 spiro atoms. The Kier molecular flexibility index (Phi) is 4.69. The molecular weight excluding hydrogens is 284 g/mol. The first kappa shape index (κ1) is 15.6. The number of halogens is 1. The molecule has 1 aromatic rings. The van der Waals surface area contributed by atoms with E-state index in [1.54, 1.807) is 0 Å². The lowest BCUT2D eigenvalue weighted by Gasteiger charge is -2.10. The molecule has 110 valence electrons. The van der Waals surface area contributed by atoms with Crippen LogP contribution in [0.2, 0.25) is 5.02 Å². The molecule has 3 nitrogen and oxygen atoms in total. The third kappa shape index (κ3) is 3.86. The largest absolute Gasteiger partial charge is 0.338 e. The molecule has 0 aliphatic heterocycles. The summed E-state index contributed by atoms with van der Waals surface area (Å²) in [6, 6.07) is 7.98. The van der Waals surface area contributed by atoms with Crippen LogP contribution in [0.5, 0.6) is 0 Å². The lowest BCUT2D eigenvalue weighted by Crippen LogP contribution is -2.35. The molecule has 1 aliphatic rings. The molecule has 0 bridgehead atoms. The topological polar surface area (TPSA) is 52.9 Å². The number of nitrogens with one attached hydrogen (secondary N) is 1. The number of nitrogens with zero attached hydrogens (tertiary/aromatic N) is 1. The maximum Gasteiger partial charge on any atom is 0.221 e. The summed E-state index contributed by atoms with van der Waals surface area (Å²) in [5.41, 5.74) is 2.41. The second-order valence-electron chi connectivity index (χ2n) is 5.51. The first-order chi connectivity index (χ1) is 9.99. The smallest absolute Gasteiger partial charge is 0.221 e. The van der Waals surface area contributed by atoms with Gasteiger partial charge in [0.15, 0.2) is 0 Å². The molecule has 0 saturated heterocycles.